The van der Waals surface area contributed by atoms with E-state index < -0.39 is 23.1 Å². The summed E-state index contributed by atoms with van der Waals surface area (Å²) in [5, 5.41) is 23.3. The van der Waals surface area contributed by atoms with Gasteiger partial charge in [-0.05, 0) is 0 Å². The summed E-state index contributed by atoms with van der Waals surface area (Å²) in [6.45, 7) is 0. The van der Waals surface area contributed by atoms with Gasteiger partial charge in [-0.1, -0.05) is 47.9 Å². The minimum atomic E-state index is -0.657. The van der Waals surface area contributed by atoms with Crippen molar-refractivity contribution in [3.8, 4) is 11.5 Å². The predicted molar refractivity (Wildman–Crippen MR) is 58.6 cm³/mol. The van der Waals surface area contributed by atoms with Gasteiger partial charge < -0.3 is 10.2 Å². The topological polar surface area (TPSA) is 80.3 Å². The van der Waals surface area contributed by atoms with Crippen molar-refractivity contribution >= 4 is 11.6 Å². The molecule has 0 N–H and O–H groups in total. The first-order chi connectivity index (χ1) is 8.61. The monoisotopic (exact) mass is 284 g/mol. The van der Waals surface area contributed by atoms with Gasteiger partial charge in [0.05, 0.1) is 0 Å². The third-order valence-electron chi connectivity index (χ3n) is 3.00. The van der Waals surface area contributed by atoms with Crippen LogP contribution in [0.5, 0.6) is 11.5 Å². The van der Waals surface area contributed by atoms with Gasteiger partial charge in [-0.2, -0.15) is 0 Å². The minimum Gasteiger partial charge on any atom is -0.872 e. The zero-order valence-corrected chi connectivity index (χ0v) is 15.1. The Morgan fingerprint density at radius 1 is 0.650 bits per heavy atom. The summed E-state index contributed by atoms with van der Waals surface area (Å²) >= 11 is 0. The molecular formula is C14H6Na2O4. The van der Waals surface area contributed by atoms with E-state index in [9.17, 15) is 19.8 Å². The Labute approximate surface area is 159 Å². The van der Waals surface area contributed by atoms with E-state index in [1.807, 2.05) is 0 Å². The Kier molecular flexibility index (Phi) is 5.61. The fourth-order valence-electron chi connectivity index (χ4n) is 2.18. The van der Waals surface area contributed by atoms with Gasteiger partial charge >= 0.3 is 59.1 Å². The van der Waals surface area contributed by atoms with Crippen molar-refractivity contribution in [3.63, 3.8) is 0 Å². The van der Waals surface area contributed by atoms with E-state index in [2.05, 4.69) is 0 Å². The normalized spacial score (nSPS) is 11.8. The van der Waals surface area contributed by atoms with Crippen molar-refractivity contribution in [2.75, 3.05) is 0 Å². The maximum Gasteiger partial charge on any atom is 1.00 e. The molecular weight excluding hydrogens is 278 g/mol. The molecule has 88 valence electrons. The van der Waals surface area contributed by atoms with E-state index in [1.54, 1.807) is 0 Å². The molecule has 0 fully saturated rings. The zero-order valence-electron chi connectivity index (χ0n) is 11.1. The number of rotatable bonds is 0. The van der Waals surface area contributed by atoms with E-state index in [-0.39, 0.29) is 81.4 Å². The van der Waals surface area contributed by atoms with Crippen LogP contribution in [0.4, 0.5) is 0 Å². The average molecular weight is 284 g/mol. The summed E-state index contributed by atoms with van der Waals surface area (Å²) < 4.78 is 0. The summed E-state index contributed by atoms with van der Waals surface area (Å²) in [5.41, 5.74) is -0.243. The fraction of sp³-hybridized carbons (Fsp3) is 0. The average Bonchev–Trinajstić information content (AvgIpc) is 2.35. The Morgan fingerprint density at radius 2 is 1.05 bits per heavy atom. The van der Waals surface area contributed by atoms with Crippen LogP contribution in [0, 0.1) is 0 Å². The third kappa shape index (κ3) is 2.48. The maximum atomic E-state index is 12.1. The molecule has 0 aromatic heterocycles. The first kappa shape index (κ1) is 17.4. The molecule has 0 saturated carbocycles. The van der Waals surface area contributed by atoms with Gasteiger partial charge in [-0.25, -0.2) is 0 Å². The number of carbonyl (C=O) groups is 2. The first-order valence-electron chi connectivity index (χ1n) is 5.30. The van der Waals surface area contributed by atoms with Crippen molar-refractivity contribution in [1.29, 1.82) is 0 Å². The number of hydrogen-bond donors (Lipinski definition) is 0. The van der Waals surface area contributed by atoms with Gasteiger partial charge in [0.1, 0.15) is 0 Å². The zero-order chi connectivity index (χ0) is 12.9. The fourth-order valence-corrected chi connectivity index (χ4v) is 2.18. The molecule has 0 heterocycles. The maximum absolute atomic E-state index is 12.1. The second kappa shape index (κ2) is 6.43. The van der Waals surface area contributed by atoms with Crippen LogP contribution in [0.25, 0.3) is 0 Å². The Hall–Kier alpha value is -0.620. The Bertz CT molecular complexity index is 653. The molecule has 6 heteroatoms. The smallest absolute Gasteiger partial charge is 0.872 e. The van der Waals surface area contributed by atoms with Crippen LogP contribution in [-0.2, 0) is 0 Å². The summed E-state index contributed by atoms with van der Waals surface area (Å²) in [6.07, 6.45) is 0. The van der Waals surface area contributed by atoms with Crippen LogP contribution in [0.15, 0.2) is 36.4 Å². The minimum absolute atomic E-state index is 0. The van der Waals surface area contributed by atoms with Gasteiger partial charge in [0, 0.05) is 22.3 Å². The van der Waals surface area contributed by atoms with Crippen LogP contribution in [0.3, 0.4) is 0 Å². The summed E-state index contributed by atoms with van der Waals surface area (Å²) in [6, 6.07) is 8.14. The van der Waals surface area contributed by atoms with Crippen molar-refractivity contribution in [2.24, 2.45) is 0 Å². The number of carbonyl (C=O) groups excluding carboxylic acids is 2. The van der Waals surface area contributed by atoms with E-state index in [0.29, 0.717) is 0 Å². The van der Waals surface area contributed by atoms with Gasteiger partial charge in [0.2, 0.25) is 0 Å². The van der Waals surface area contributed by atoms with E-state index in [1.165, 1.54) is 36.4 Å². The summed E-state index contributed by atoms with van der Waals surface area (Å²) in [7, 11) is 0. The molecule has 0 spiro atoms. The number of ketones is 2. The number of benzene rings is 2. The van der Waals surface area contributed by atoms with Gasteiger partial charge in [-0.15, -0.1) is 0 Å². The molecule has 0 radical (unpaired) electrons. The quantitative estimate of drug-likeness (QED) is 0.386. The molecule has 0 atom stereocenters. The second-order valence-electron chi connectivity index (χ2n) is 4.02. The largest absolute Gasteiger partial charge is 1.00 e. The van der Waals surface area contributed by atoms with Crippen LogP contribution in [-0.4, -0.2) is 11.6 Å². The predicted octanol–water partition coefficient (Wildman–Crippen LogP) is -5.38. The Balaban J connectivity index is 0.000001000. The molecule has 0 saturated heterocycles. The van der Waals surface area contributed by atoms with Crippen molar-refractivity contribution < 1.29 is 78.9 Å². The van der Waals surface area contributed by atoms with Crippen molar-refractivity contribution in [2.45, 2.75) is 0 Å². The molecule has 0 aliphatic heterocycles. The molecule has 2 aromatic carbocycles. The van der Waals surface area contributed by atoms with Crippen LogP contribution < -0.4 is 69.3 Å². The second-order valence-corrected chi connectivity index (χ2v) is 4.02. The first-order valence-corrected chi connectivity index (χ1v) is 5.30. The van der Waals surface area contributed by atoms with Gasteiger partial charge in [0.25, 0.3) is 0 Å². The number of fused-ring (bicyclic) bond motifs is 2. The molecule has 0 amide bonds. The summed E-state index contributed by atoms with van der Waals surface area (Å²) in [5.74, 6) is -2.16. The molecule has 1 aliphatic carbocycles. The molecule has 1 aliphatic rings. The molecule has 0 unspecified atom stereocenters. The van der Waals surface area contributed by atoms with Gasteiger partial charge in [0.15, 0.2) is 11.6 Å². The van der Waals surface area contributed by atoms with Crippen LogP contribution in [0.2, 0.25) is 0 Å². The van der Waals surface area contributed by atoms with Gasteiger partial charge in [-0.3, -0.25) is 9.59 Å². The molecule has 20 heavy (non-hydrogen) atoms. The van der Waals surface area contributed by atoms with Crippen LogP contribution >= 0.6 is 0 Å². The third-order valence-corrected chi connectivity index (χ3v) is 3.00. The molecule has 4 nitrogen and oxygen atoms in total. The standard InChI is InChI=1S/C14H8O4.2Na/c15-9-5-1-3-7-11(9)14(18)12-8(13(7)17)4-2-6-10(12)16;;/h1-6,15-16H;;/q;2*+1/p-2. The van der Waals surface area contributed by atoms with Crippen LogP contribution in [0.1, 0.15) is 31.8 Å². The Morgan fingerprint density at radius 3 is 1.45 bits per heavy atom. The number of hydrogen-bond acceptors (Lipinski definition) is 4. The molecule has 0 bridgehead atoms. The molecule has 3 rings (SSSR count). The van der Waals surface area contributed by atoms with E-state index >= 15 is 0 Å². The van der Waals surface area contributed by atoms with Crippen molar-refractivity contribution in [3.05, 3.63) is 58.7 Å². The summed E-state index contributed by atoms with van der Waals surface area (Å²) in [4.78, 5) is 24.3. The van der Waals surface area contributed by atoms with E-state index in [0.717, 1.165) is 0 Å². The van der Waals surface area contributed by atoms with Crippen molar-refractivity contribution in [1.82, 2.24) is 0 Å². The SMILES string of the molecule is O=C1c2cccc([O-])c2C(=O)c2c([O-])cccc21.[Na+].[Na+]. The van der Waals surface area contributed by atoms with E-state index in [4.69, 9.17) is 0 Å². The molecule has 2 aromatic rings.